The molecular formula is C13H15FN2O3. The summed E-state index contributed by atoms with van der Waals surface area (Å²) >= 11 is 0. The van der Waals surface area contributed by atoms with Crippen LogP contribution in [0.3, 0.4) is 0 Å². The number of nitrogens with two attached hydrogens (primary N) is 1. The van der Waals surface area contributed by atoms with Crippen molar-refractivity contribution in [3.05, 3.63) is 29.6 Å². The molecule has 0 aromatic heterocycles. The molecule has 1 heterocycles. The largest absolute Gasteiger partial charge is 0.508 e. The number of carbonyl (C=O) groups excluding carboxylic acids is 2. The molecule has 1 aromatic carbocycles. The van der Waals surface area contributed by atoms with Crippen LogP contribution >= 0.6 is 0 Å². The van der Waals surface area contributed by atoms with Crippen molar-refractivity contribution < 1.29 is 19.1 Å². The Morgan fingerprint density at radius 1 is 1.37 bits per heavy atom. The highest BCUT2D eigenvalue weighted by molar-refractivity contribution is 5.97. The first-order valence-electron chi connectivity index (χ1n) is 6.09. The van der Waals surface area contributed by atoms with Gasteiger partial charge < -0.3 is 15.7 Å². The summed E-state index contributed by atoms with van der Waals surface area (Å²) in [4.78, 5) is 24.9. The molecule has 102 valence electrons. The standard InChI is InChI=1S/C13H15FN2O3/c14-10-7-8(17)4-5-9(10)13(19)16-6-2-1-3-11(16)12(15)18/h4-5,7,11,17H,1-3,6H2,(H2,15,18). The molecule has 5 nitrogen and oxygen atoms in total. The summed E-state index contributed by atoms with van der Waals surface area (Å²) in [6, 6.07) is 2.63. The lowest BCUT2D eigenvalue weighted by molar-refractivity contribution is -0.123. The number of hydrogen-bond donors (Lipinski definition) is 2. The van der Waals surface area contributed by atoms with Crippen molar-refractivity contribution in [2.24, 2.45) is 5.73 Å². The normalized spacial score (nSPS) is 19.2. The summed E-state index contributed by atoms with van der Waals surface area (Å²) in [6.45, 7) is 0.382. The number of phenolic OH excluding ortho intramolecular Hbond substituents is 1. The van der Waals surface area contributed by atoms with Crippen LogP contribution in [-0.4, -0.2) is 34.4 Å². The summed E-state index contributed by atoms with van der Waals surface area (Å²) in [5, 5.41) is 9.13. The number of likely N-dealkylation sites (tertiary alicyclic amines) is 1. The second kappa shape index (κ2) is 5.26. The lowest BCUT2D eigenvalue weighted by Gasteiger charge is -2.33. The molecule has 0 saturated carbocycles. The molecular weight excluding hydrogens is 251 g/mol. The minimum Gasteiger partial charge on any atom is -0.508 e. The number of rotatable bonds is 2. The van der Waals surface area contributed by atoms with Gasteiger partial charge in [-0.05, 0) is 31.4 Å². The SMILES string of the molecule is NC(=O)C1CCCCN1C(=O)c1ccc(O)cc1F. The van der Waals surface area contributed by atoms with Crippen molar-refractivity contribution in [1.82, 2.24) is 4.90 Å². The van der Waals surface area contributed by atoms with E-state index in [1.54, 1.807) is 0 Å². The number of halogens is 1. The van der Waals surface area contributed by atoms with E-state index < -0.39 is 23.7 Å². The van der Waals surface area contributed by atoms with Gasteiger partial charge in [-0.3, -0.25) is 9.59 Å². The van der Waals surface area contributed by atoms with Crippen LogP contribution in [-0.2, 0) is 4.79 Å². The molecule has 1 unspecified atom stereocenters. The lowest BCUT2D eigenvalue weighted by Crippen LogP contribution is -2.50. The van der Waals surface area contributed by atoms with E-state index in [1.165, 1.54) is 17.0 Å². The highest BCUT2D eigenvalue weighted by atomic mass is 19.1. The first-order chi connectivity index (χ1) is 9.00. The lowest BCUT2D eigenvalue weighted by atomic mass is 10.00. The maximum atomic E-state index is 13.7. The van der Waals surface area contributed by atoms with Gasteiger partial charge in [0.15, 0.2) is 0 Å². The third-order valence-corrected chi connectivity index (χ3v) is 3.28. The molecule has 0 bridgehead atoms. The molecule has 6 heteroatoms. The number of primary amides is 1. The average Bonchev–Trinajstić information content (AvgIpc) is 2.38. The Morgan fingerprint density at radius 2 is 2.11 bits per heavy atom. The third kappa shape index (κ3) is 2.67. The van der Waals surface area contributed by atoms with Crippen molar-refractivity contribution in [2.45, 2.75) is 25.3 Å². The van der Waals surface area contributed by atoms with Gasteiger partial charge in [-0.2, -0.15) is 0 Å². The van der Waals surface area contributed by atoms with E-state index in [0.29, 0.717) is 13.0 Å². The van der Waals surface area contributed by atoms with Crippen LogP contribution in [0.4, 0.5) is 4.39 Å². The molecule has 1 aliphatic rings. The number of phenols is 1. The smallest absolute Gasteiger partial charge is 0.257 e. The molecule has 1 saturated heterocycles. The van der Waals surface area contributed by atoms with Crippen LogP contribution in [0.2, 0.25) is 0 Å². The van der Waals surface area contributed by atoms with Crippen molar-refractivity contribution >= 4 is 11.8 Å². The average molecular weight is 266 g/mol. The van der Waals surface area contributed by atoms with Crippen LogP contribution in [0.5, 0.6) is 5.75 Å². The molecule has 0 spiro atoms. The summed E-state index contributed by atoms with van der Waals surface area (Å²) in [6.07, 6.45) is 2.07. The molecule has 1 fully saturated rings. The topological polar surface area (TPSA) is 83.6 Å². The summed E-state index contributed by atoms with van der Waals surface area (Å²) in [5.74, 6) is -2.20. The number of hydrogen-bond acceptors (Lipinski definition) is 3. The van der Waals surface area contributed by atoms with Crippen molar-refractivity contribution in [3.63, 3.8) is 0 Å². The Hall–Kier alpha value is -2.11. The van der Waals surface area contributed by atoms with E-state index in [0.717, 1.165) is 18.9 Å². The zero-order chi connectivity index (χ0) is 14.0. The number of benzene rings is 1. The Kier molecular flexibility index (Phi) is 3.69. The van der Waals surface area contributed by atoms with Gasteiger partial charge in [-0.1, -0.05) is 0 Å². The highest BCUT2D eigenvalue weighted by Crippen LogP contribution is 2.22. The number of nitrogens with zero attached hydrogens (tertiary/aromatic N) is 1. The monoisotopic (exact) mass is 266 g/mol. The first-order valence-corrected chi connectivity index (χ1v) is 6.09. The van der Waals surface area contributed by atoms with E-state index in [9.17, 15) is 14.0 Å². The number of carbonyl (C=O) groups is 2. The molecule has 19 heavy (non-hydrogen) atoms. The van der Waals surface area contributed by atoms with Crippen LogP contribution in [0.25, 0.3) is 0 Å². The molecule has 2 rings (SSSR count). The maximum Gasteiger partial charge on any atom is 0.257 e. The van der Waals surface area contributed by atoms with Gasteiger partial charge >= 0.3 is 0 Å². The molecule has 0 aliphatic carbocycles. The second-order valence-corrected chi connectivity index (χ2v) is 4.58. The van der Waals surface area contributed by atoms with Crippen LogP contribution in [0.15, 0.2) is 18.2 Å². The number of piperidine rings is 1. The van der Waals surface area contributed by atoms with E-state index in [2.05, 4.69) is 0 Å². The molecule has 0 radical (unpaired) electrons. The predicted octanol–water partition coefficient (Wildman–Crippen LogP) is 1.01. The van der Waals surface area contributed by atoms with Gasteiger partial charge in [0.2, 0.25) is 5.91 Å². The van der Waals surface area contributed by atoms with Gasteiger partial charge in [-0.25, -0.2) is 4.39 Å². The Morgan fingerprint density at radius 3 is 2.74 bits per heavy atom. The van der Waals surface area contributed by atoms with Crippen molar-refractivity contribution in [3.8, 4) is 5.75 Å². The van der Waals surface area contributed by atoms with Crippen LogP contribution < -0.4 is 5.73 Å². The first kappa shape index (κ1) is 13.3. The van der Waals surface area contributed by atoms with E-state index in [-0.39, 0.29) is 11.3 Å². The zero-order valence-electron chi connectivity index (χ0n) is 10.3. The van der Waals surface area contributed by atoms with Crippen molar-refractivity contribution in [1.29, 1.82) is 0 Å². The molecule has 2 amide bonds. The van der Waals surface area contributed by atoms with Gasteiger partial charge in [-0.15, -0.1) is 0 Å². The summed E-state index contributed by atoms with van der Waals surface area (Å²) < 4.78 is 13.7. The second-order valence-electron chi connectivity index (χ2n) is 4.58. The Balaban J connectivity index is 2.28. The molecule has 3 N–H and O–H groups in total. The van der Waals surface area contributed by atoms with Gasteiger partial charge in [0, 0.05) is 12.6 Å². The van der Waals surface area contributed by atoms with E-state index >= 15 is 0 Å². The predicted molar refractivity (Wildman–Crippen MR) is 65.9 cm³/mol. The van der Waals surface area contributed by atoms with Gasteiger partial charge in [0.25, 0.3) is 5.91 Å². The fraction of sp³-hybridized carbons (Fsp3) is 0.385. The maximum absolute atomic E-state index is 13.7. The fourth-order valence-corrected chi connectivity index (χ4v) is 2.30. The van der Waals surface area contributed by atoms with E-state index in [1.807, 2.05) is 0 Å². The highest BCUT2D eigenvalue weighted by Gasteiger charge is 2.32. The Labute approximate surface area is 109 Å². The number of amides is 2. The minimum absolute atomic E-state index is 0.161. The molecule has 1 atom stereocenters. The molecule has 1 aromatic rings. The van der Waals surface area contributed by atoms with E-state index in [4.69, 9.17) is 10.8 Å². The Bertz CT molecular complexity index is 519. The summed E-state index contributed by atoms with van der Waals surface area (Å²) in [7, 11) is 0. The zero-order valence-corrected chi connectivity index (χ0v) is 10.3. The van der Waals surface area contributed by atoms with Crippen molar-refractivity contribution in [2.75, 3.05) is 6.54 Å². The summed E-state index contributed by atoms with van der Waals surface area (Å²) in [5.41, 5.74) is 5.11. The van der Waals surface area contributed by atoms with Gasteiger partial charge in [0.05, 0.1) is 5.56 Å². The fourth-order valence-electron chi connectivity index (χ4n) is 2.30. The van der Waals surface area contributed by atoms with Crippen LogP contribution in [0, 0.1) is 5.82 Å². The van der Waals surface area contributed by atoms with Crippen LogP contribution in [0.1, 0.15) is 29.6 Å². The third-order valence-electron chi connectivity index (χ3n) is 3.28. The minimum atomic E-state index is -0.807. The van der Waals surface area contributed by atoms with Gasteiger partial charge in [0.1, 0.15) is 17.6 Å². The molecule has 1 aliphatic heterocycles. The number of aromatic hydroxyl groups is 1. The quantitative estimate of drug-likeness (QED) is 0.838.